The molecule has 0 spiro atoms. The highest BCUT2D eigenvalue weighted by Gasteiger charge is 2.16. The Labute approximate surface area is 79.0 Å². The van der Waals surface area contributed by atoms with E-state index in [9.17, 15) is 4.79 Å². The summed E-state index contributed by atoms with van der Waals surface area (Å²) in [5.74, 6) is -0.257. The zero-order chi connectivity index (χ0) is 10.3. The third-order valence-electron chi connectivity index (χ3n) is 1.31. The minimum absolute atomic E-state index is 0.257. The Balaban J connectivity index is 0.000000223. The van der Waals surface area contributed by atoms with Gasteiger partial charge in [-0.15, -0.1) is 0 Å². The van der Waals surface area contributed by atoms with E-state index in [1.807, 2.05) is 18.2 Å². The van der Waals surface area contributed by atoms with Gasteiger partial charge >= 0.3 is 0 Å². The summed E-state index contributed by atoms with van der Waals surface area (Å²) < 4.78 is 0. The van der Waals surface area contributed by atoms with E-state index in [-0.39, 0.29) is 11.3 Å². The lowest BCUT2D eigenvalue weighted by Gasteiger charge is -2.10. The number of nitrogens with two attached hydrogens (primary N) is 1. The predicted molar refractivity (Wildman–Crippen MR) is 52.9 cm³/mol. The van der Waals surface area contributed by atoms with E-state index in [0.29, 0.717) is 0 Å². The molecule has 0 aliphatic carbocycles. The first-order chi connectivity index (χ1) is 5.94. The fourth-order valence-electron chi connectivity index (χ4n) is 0.313. The van der Waals surface area contributed by atoms with Gasteiger partial charge in [0.1, 0.15) is 0 Å². The van der Waals surface area contributed by atoms with E-state index < -0.39 is 0 Å². The summed E-state index contributed by atoms with van der Waals surface area (Å²) >= 11 is 0. The number of carbonyl (C=O) groups excluding carboxylic acids is 1. The number of primary amides is 1. The van der Waals surface area contributed by atoms with Gasteiger partial charge in [0, 0.05) is 17.8 Å². The van der Waals surface area contributed by atoms with E-state index >= 15 is 0 Å². The van der Waals surface area contributed by atoms with Crippen LogP contribution >= 0.6 is 0 Å². The van der Waals surface area contributed by atoms with Crippen LogP contribution in [-0.4, -0.2) is 10.9 Å². The molecular formula is C10H16N2O. The highest BCUT2D eigenvalue weighted by atomic mass is 16.1. The summed E-state index contributed by atoms with van der Waals surface area (Å²) in [5.41, 5.74) is 4.57. The molecule has 72 valence electrons. The van der Waals surface area contributed by atoms with Crippen molar-refractivity contribution in [3.8, 4) is 0 Å². The maximum atomic E-state index is 10.2. The number of pyridine rings is 1. The molecule has 3 nitrogen and oxygen atoms in total. The Morgan fingerprint density at radius 3 is 1.62 bits per heavy atom. The van der Waals surface area contributed by atoms with Crippen LogP contribution in [-0.2, 0) is 4.79 Å². The second kappa shape index (κ2) is 5.30. The number of hydrogen-bond donors (Lipinski definition) is 1. The molecule has 0 fully saturated rings. The molecule has 13 heavy (non-hydrogen) atoms. The summed E-state index contributed by atoms with van der Waals surface area (Å²) in [6.07, 6.45) is 3.50. The molecule has 0 unspecified atom stereocenters. The molecule has 3 heteroatoms. The molecule has 2 N–H and O–H groups in total. The Morgan fingerprint density at radius 1 is 1.15 bits per heavy atom. The normalized spacial score (nSPS) is 9.77. The quantitative estimate of drug-likeness (QED) is 0.659. The van der Waals surface area contributed by atoms with Gasteiger partial charge in [0.15, 0.2) is 0 Å². The van der Waals surface area contributed by atoms with Gasteiger partial charge in [-0.05, 0) is 12.1 Å². The van der Waals surface area contributed by atoms with Crippen molar-refractivity contribution in [2.75, 3.05) is 0 Å². The molecule has 0 bridgehead atoms. The van der Waals surface area contributed by atoms with Crippen molar-refractivity contribution in [2.24, 2.45) is 11.1 Å². The van der Waals surface area contributed by atoms with Crippen molar-refractivity contribution in [3.05, 3.63) is 30.6 Å². The summed E-state index contributed by atoms with van der Waals surface area (Å²) in [7, 11) is 0. The molecule has 1 aromatic heterocycles. The van der Waals surface area contributed by atoms with Gasteiger partial charge in [-0.25, -0.2) is 0 Å². The first kappa shape index (κ1) is 11.6. The highest BCUT2D eigenvalue weighted by Crippen LogP contribution is 2.09. The fourth-order valence-corrected chi connectivity index (χ4v) is 0.313. The molecular weight excluding hydrogens is 164 g/mol. The van der Waals surface area contributed by atoms with Crippen LogP contribution in [0.15, 0.2) is 30.6 Å². The van der Waals surface area contributed by atoms with E-state index in [0.717, 1.165) is 0 Å². The Bertz CT molecular complexity index is 212. The van der Waals surface area contributed by atoms with Crippen molar-refractivity contribution in [1.82, 2.24) is 4.98 Å². The van der Waals surface area contributed by atoms with Crippen LogP contribution in [0.4, 0.5) is 0 Å². The van der Waals surface area contributed by atoms with Gasteiger partial charge in [-0.2, -0.15) is 0 Å². The van der Waals surface area contributed by atoms with Crippen LogP contribution in [0, 0.1) is 5.41 Å². The standard InChI is InChI=1S/C5H11NO.C5H5N/c1-5(2,3)4(6)7;1-2-4-6-5-3-1/h1-3H3,(H2,6,7);1-5H. The molecule has 0 aliphatic heterocycles. The molecule has 1 amide bonds. The number of aromatic nitrogens is 1. The minimum Gasteiger partial charge on any atom is -0.369 e. The van der Waals surface area contributed by atoms with Crippen molar-refractivity contribution < 1.29 is 4.79 Å². The Kier molecular flexibility index (Phi) is 4.74. The summed E-state index contributed by atoms with van der Waals surface area (Å²) in [5, 5.41) is 0. The highest BCUT2D eigenvalue weighted by molar-refractivity contribution is 5.79. The zero-order valence-corrected chi connectivity index (χ0v) is 8.32. The van der Waals surface area contributed by atoms with E-state index in [1.54, 1.807) is 33.2 Å². The first-order valence-electron chi connectivity index (χ1n) is 4.09. The number of nitrogens with zero attached hydrogens (tertiary/aromatic N) is 1. The monoisotopic (exact) mass is 180 g/mol. The maximum absolute atomic E-state index is 10.2. The first-order valence-corrected chi connectivity index (χ1v) is 4.09. The van der Waals surface area contributed by atoms with Gasteiger partial charge in [-0.1, -0.05) is 26.8 Å². The molecule has 1 rings (SSSR count). The number of rotatable bonds is 0. The zero-order valence-electron chi connectivity index (χ0n) is 8.32. The Morgan fingerprint density at radius 2 is 1.54 bits per heavy atom. The van der Waals surface area contributed by atoms with Crippen molar-refractivity contribution in [3.63, 3.8) is 0 Å². The van der Waals surface area contributed by atoms with Gasteiger partial charge in [-0.3, -0.25) is 9.78 Å². The van der Waals surface area contributed by atoms with Crippen LogP contribution in [0.25, 0.3) is 0 Å². The molecule has 0 saturated carbocycles. The largest absolute Gasteiger partial charge is 0.369 e. The van der Waals surface area contributed by atoms with E-state index in [1.165, 1.54) is 0 Å². The number of carbonyl (C=O) groups is 1. The van der Waals surface area contributed by atoms with Gasteiger partial charge < -0.3 is 5.73 Å². The van der Waals surface area contributed by atoms with Gasteiger partial charge in [0.05, 0.1) is 0 Å². The van der Waals surface area contributed by atoms with Crippen LogP contribution in [0.2, 0.25) is 0 Å². The van der Waals surface area contributed by atoms with Crippen molar-refractivity contribution >= 4 is 5.91 Å². The summed E-state index contributed by atoms with van der Waals surface area (Å²) in [6, 6.07) is 5.72. The SMILES string of the molecule is CC(C)(C)C(N)=O.c1ccncc1. The average Bonchev–Trinajstić information content (AvgIpc) is 2.07. The fraction of sp³-hybridized carbons (Fsp3) is 0.400. The summed E-state index contributed by atoms with van der Waals surface area (Å²) in [6.45, 7) is 5.36. The molecule has 1 aromatic rings. The van der Waals surface area contributed by atoms with E-state index in [2.05, 4.69) is 4.98 Å². The van der Waals surface area contributed by atoms with Crippen LogP contribution < -0.4 is 5.73 Å². The van der Waals surface area contributed by atoms with Crippen LogP contribution in [0.5, 0.6) is 0 Å². The second-order valence-corrected chi connectivity index (χ2v) is 3.64. The predicted octanol–water partition coefficient (Wildman–Crippen LogP) is 1.60. The molecule has 0 saturated heterocycles. The summed E-state index contributed by atoms with van der Waals surface area (Å²) in [4.78, 5) is 14.0. The third kappa shape index (κ3) is 7.00. The van der Waals surface area contributed by atoms with Crippen molar-refractivity contribution in [2.45, 2.75) is 20.8 Å². The molecule has 0 atom stereocenters. The van der Waals surface area contributed by atoms with Crippen LogP contribution in [0.3, 0.4) is 0 Å². The minimum atomic E-state index is -0.361. The molecule has 0 radical (unpaired) electrons. The van der Waals surface area contributed by atoms with E-state index in [4.69, 9.17) is 5.73 Å². The van der Waals surface area contributed by atoms with Gasteiger partial charge in [0.2, 0.25) is 5.91 Å². The lowest BCUT2D eigenvalue weighted by atomic mass is 9.96. The topological polar surface area (TPSA) is 56.0 Å². The van der Waals surface area contributed by atoms with Crippen molar-refractivity contribution in [1.29, 1.82) is 0 Å². The average molecular weight is 180 g/mol. The van der Waals surface area contributed by atoms with Crippen LogP contribution in [0.1, 0.15) is 20.8 Å². The number of amides is 1. The lowest BCUT2D eigenvalue weighted by Crippen LogP contribution is -2.27. The molecule has 1 heterocycles. The number of hydrogen-bond acceptors (Lipinski definition) is 2. The maximum Gasteiger partial charge on any atom is 0.222 e. The van der Waals surface area contributed by atoms with Gasteiger partial charge in [0.25, 0.3) is 0 Å². The Hall–Kier alpha value is -1.38. The third-order valence-corrected chi connectivity index (χ3v) is 1.31. The lowest BCUT2D eigenvalue weighted by molar-refractivity contribution is -0.125. The molecule has 0 aromatic carbocycles. The molecule has 0 aliphatic rings. The second-order valence-electron chi connectivity index (χ2n) is 3.64. The smallest absolute Gasteiger partial charge is 0.222 e.